The van der Waals surface area contributed by atoms with Crippen molar-refractivity contribution in [1.82, 2.24) is 9.80 Å². The minimum atomic E-state index is 0.228. The maximum Gasteiger partial charge on any atom is 0.0476 e. The summed E-state index contributed by atoms with van der Waals surface area (Å²) in [5.41, 5.74) is 6.44. The van der Waals surface area contributed by atoms with Crippen molar-refractivity contribution in [3.05, 3.63) is 0 Å². The minimum Gasteiger partial charge on any atom is -0.329 e. The summed E-state index contributed by atoms with van der Waals surface area (Å²) in [4.78, 5) is 5.39. The van der Waals surface area contributed by atoms with Crippen molar-refractivity contribution >= 4 is 0 Å². The van der Waals surface area contributed by atoms with Crippen LogP contribution in [0.3, 0.4) is 0 Å². The molecule has 0 bridgehead atoms. The molecule has 18 heavy (non-hydrogen) atoms. The van der Waals surface area contributed by atoms with Gasteiger partial charge >= 0.3 is 0 Å². The first-order chi connectivity index (χ1) is 8.57. The van der Waals surface area contributed by atoms with Crippen LogP contribution < -0.4 is 5.73 Å². The Kier molecular flexibility index (Phi) is 4.35. The van der Waals surface area contributed by atoms with Crippen LogP contribution in [-0.4, -0.2) is 53.1 Å². The predicted molar refractivity (Wildman–Crippen MR) is 77.7 cm³/mol. The molecule has 0 aromatic heterocycles. The SMILES string of the molecule is CCC(C)N(CC)C1(CN)CC(C)N(C2CC2)C1. The maximum absolute atomic E-state index is 6.21. The summed E-state index contributed by atoms with van der Waals surface area (Å²) < 4.78 is 0. The zero-order valence-corrected chi connectivity index (χ0v) is 12.7. The van der Waals surface area contributed by atoms with Crippen LogP contribution in [0.15, 0.2) is 0 Å². The molecule has 1 heterocycles. The van der Waals surface area contributed by atoms with Gasteiger partial charge in [0.15, 0.2) is 0 Å². The summed E-state index contributed by atoms with van der Waals surface area (Å²) in [6.45, 7) is 12.4. The van der Waals surface area contributed by atoms with Crippen molar-refractivity contribution < 1.29 is 0 Å². The molecule has 3 unspecified atom stereocenters. The van der Waals surface area contributed by atoms with Crippen molar-refractivity contribution in [3.63, 3.8) is 0 Å². The van der Waals surface area contributed by atoms with E-state index in [0.29, 0.717) is 12.1 Å². The summed E-state index contributed by atoms with van der Waals surface area (Å²) in [6.07, 6.45) is 5.27. The summed E-state index contributed by atoms with van der Waals surface area (Å²) in [7, 11) is 0. The summed E-state index contributed by atoms with van der Waals surface area (Å²) in [5, 5.41) is 0. The van der Waals surface area contributed by atoms with Gasteiger partial charge in [-0.05, 0) is 46.1 Å². The van der Waals surface area contributed by atoms with Gasteiger partial charge in [-0.15, -0.1) is 0 Å². The Balaban J connectivity index is 2.14. The van der Waals surface area contributed by atoms with Gasteiger partial charge in [-0.2, -0.15) is 0 Å². The molecule has 3 atom stereocenters. The lowest BCUT2D eigenvalue weighted by atomic mass is 9.92. The largest absolute Gasteiger partial charge is 0.329 e. The number of rotatable bonds is 6. The molecule has 1 aliphatic heterocycles. The van der Waals surface area contributed by atoms with Crippen LogP contribution in [0.4, 0.5) is 0 Å². The molecule has 1 aliphatic carbocycles. The second-order valence-corrected chi connectivity index (χ2v) is 6.43. The molecular weight excluding hydrogens is 222 g/mol. The molecule has 0 amide bonds. The smallest absolute Gasteiger partial charge is 0.0476 e. The van der Waals surface area contributed by atoms with E-state index < -0.39 is 0 Å². The molecule has 2 rings (SSSR count). The van der Waals surface area contributed by atoms with E-state index >= 15 is 0 Å². The van der Waals surface area contributed by atoms with E-state index in [9.17, 15) is 0 Å². The first-order valence-corrected chi connectivity index (χ1v) is 7.80. The van der Waals surface area contributed by atoms with Crippen molar-refractivity contribution in [2.45, 2.75) is 77.0 Å². The van der Waals surface area contributed by atoms with Crippen molar-refractivity contribution in [3.8, 4) is 0 Å². The van der Waals surface area contributed by atoms with Crippen LogP contribution in [0.25, 0.3) is 0 Å². The molecule has 0 spiro atoms. The highest BCUT2D eigenvalue weighted by Gasteiger charge is 2.49. The number of nitrogens with two attached hydrogens (primary N) is 1. The van der Waals surface area contributed by atoms with Crippen molar-refractivity contribution in [2.24, 2.45) is 5.73 Å². The Morgan fingerprint density at radius 3 is 2.50 bits per heavy atom. The highest BCUT2D eigenvalue weighted by atomic mass is 15.3. The van der Waals surface area contributed by atoms with Crippen LogP contribution in [0.5, 0.6) is 0 Å². The summed E-state index contributed by atoms with van der Waals surface area (Å²) in [5.74, 6) is 0. The maximum atomic E-state index is 6.21. The van der Waals surface area contributed by atoms with Gasteiger partial charge in [0.1, 0.15) is 0 Å². The number of hydrogen-bond acceptors (Lipinski definition) is 3. The molecule has 2 aliphatic rings. The Morgan fingerprint density at radius 2 is 2.06 bits per heavy atom. The van der Waals surface area contributed by atoms with Crippen LogP contribution >= 0.6 is 0 Å². The number of likely N-dealkylation sites (tertiary alicyclic amines) is 1. The van der Waals surface area contributed by atoms with E-state index in [0.717, 1.165) is 19.1 Å². The highest BCUT2D eigenvalue weighted by Crippen LogP contribution is 2.40. The van der Waals surface area contributed by atoms with E-state index in [1.54, 1.807) is 0 Å². The fourth-order valence-electron chi connectivity index (χ4n) is 3.93. The Labute approximate surface area is 113 Å². The summed E-state index contributed by atoms with van der Waals surface area (Å²) in [6, 6.07) is 2.22. The first kappa shape index (κ1) is 14.3. The summed E-state index contributed by atoms with van der Waals surface area (Å²) >= 11 is 0. The molecule has 0 aromatic rings. The second-order valence-electron chi connectivity index (χ2n) is 6.43. The van der Waals surface area contributed by atoms with Crippen LogP contribution in [0.1, 0.15) is 53.4 Å². The average molecular weight is 253 g/mol. The topological polar surface area (TPSA) is 32.5 Å². The molecule has 1 saturated heterocycles. The fraction of sp³-hybridized carbons (Fsp3) is 1.00. The molecular formula is C15H31N3. The molecule has 0 radical (unpaired) electrons. The lowest BCUT2D eigenvalue weighted by Gasteiger charge is -2.44. The normalized spacial score (nSPS) is 35.3. The molecule has 1 saturated carbocycles. The molecule has 2 fully saturated rings. The predicted octanol–water partition coefficient (Wildman–Crippen LogP) is 2.06. The third kappa shape index (κ3) is 2.45. The Hall–Kier alpha value is -0.120. The fourth-order valence-corrected chi connectivity index (χ4v) is 3.93. The molecule has 106 valence electrons. The van der Waals surface area contributed by atoms with E-state index in [1.165, 1.54) is 32.2 Å². The van der Waals surface area contributed by atoms with Gasteiger partial charge in [-0.25, -0.2) is 0 Å². The Morgan fingerprint density at radius 1 is 1.39 bits per heavy atom. The highest BCUT2D eigenvalue weighted by molar-refractivity contribution is 5.07. The van der Waals surface area contributed by atoms with Gasteiger partial charge in [0, 0.05) is 36.8 Å². The Bertz CT molecular complexity index is 277. The lowest BCUT2D eigenvalue weighted by molar-refractivity contribution is 0.0628. The standard InChI is InChI=1S/C15H31N3/c1-5-12(3)18(6-2)15(10-16)9-13(4)17(11-15)14-7-8-14/h12-14H,5-11,16H2,1-4H3. The van der Waals surface area contributed by atoms with Crippen LogP contribution in [0.2, 0.25) is 0 Å². The quantitative estimate of drug-likeness (QED) is 0.786. The van der Waals surface area contributed by atoms with Crippen LogP contribution in [-0.2, 0) is 0 Å². The van der Waals surface area contributed by atoms with Gasteiger partial charge in [-0.1, -0.05) is 13.8 Å². The van der Waals surface area contributed by atoms with Gasteiger partial charge in [0.05, 0.1) is 0 Å². The zero-order chi connectivity index (χ0) is 13.3. The van der Waals surface area contributed by atoms with Gasteiger partial charge in [-0.3, -0.25) is 9.80 Å². The lowest BCUT2D eigenvalue weighted by Crippen LogP contribution is -2.58. The average Bonchev–Trinajstić information content (AvgIpc) is 3.15. The molecule has 0 aromatic carbocycles. The number of hydrogen-bond donors (Lipinski definition) is 1. The third-order valence-corrected chi connectivity index (χ3v) is 5.19. The second kappa shape index (κ2) is 5.48. The minimum absolute atomic E-state index is 0.228. The van der Waals surface area contributed by atoms with Crippen LogP contribution in [0, 0.1) is 0 Å². The number of likely N-dealkylation sites (N-methyl/N-ethyl adjacent to an activating group) is 1. The van der Waals surface area contributed by atoms with E-state index in [2.05, 4.69) is 37.5 Å². The van der Waals surface area contributed by atoms with Gasteiger partial charge < -0.3 is 5.73 Å². The number of nitrogens with zero attached hydrogens (tertiary/aromatic N) is 2. The molecule has 3 heteroatoms. The monoisotopic (exact) mass is 253 g/mol. The van der Waals surface area contributed by atoms with Gasteiger partial charge in [0.2, 0.25) is 0 Å². The molecule has 3 nitrogen and oxygen atoms in total. The van der Waals surface area contributed by atoms with E-state index in [4.69, 9.17) is 5.73 Å². The van der Waals surface area contributed by atoms with E-state index in [1.807, 2.05) is 0 Å². The molecule has 2 N–H and O–H groups in total. The van der Waals surface area contributed by atoms with Crippen molar-refractivity contribution in [1.29, 1.82) is 0 Å². The van der Waals surface area contributed by atoms with E-state index in [-0.39, 0.29) is 5.54 Å². The first-order valence-electron chi connectivity index (χ1n) is 7.80. The van der Waals surface area contributed by atoms with Gasteiger partial charge in [0.25, 0.3) is 0 Å². The van der Waals surface area contributed by atoms with Crippen molar-refractivity contribution in [2.75, 3.05) is 19.6 Å². The third-order valence-electron chi connectivity index (χ3n) is 5.19. The zero-order valence-electron chi connectivity index (χ0n) is 12.7.